The number of rotatable bonds is 2. The van der Waals surface area contributed by atoms with Gasteiger partial charge in [-0.3, -0.25) is 0 Å². The van der Waals surface area contributed by atoms with Gasteiger partial charge in [-0.1, -0.05) is 12.7 Å². The molecule has 0 aromatic carbocycles. The number of hydrogen-bond acceptors (Lipinski definition) is 0. The minimum atomic E-state index is -0.923. The lowest BCUT2D eigenvalue weighted by molar-refractivity contribution is 0.573. The van der Waals surface area contributed by atoms with Gasteiger partial charge in [-0.2, -0.15) is 0 Å². The van der Waals surface area contributed by atoms with Crippen molar-refractivity contribution in [2.75, 3.05) is 0 Å². The first kappa shape index (κ1) is 8.08. The largest absolute Gasteiger partial charge is 0.204 e. The van der Waals surface area contributed by atoms with Crippen LogP contribution in [0.15, 0.2) is 36.5 Å². The van der Waals surface area contributed by atoms with Crippen LogP contribution >= 0.6 is 0 Å². The van der Waals surface area contributed by atoms with Crippen molar-refractivity contribution in [3.05, 3.63) is 36.5 Å². The second-order valence-corrected chi connectivity index (χ2v) is 1.40. The van der Waals surface area contributed by atoms with Crippen LogP contribution in [0.2, 0.25) is 0 Å². The van der Waals surface area contributed by atoms with Crippen molar-refractivity contribution in [2.45, 2.75) is 6.92 Å². The van der Waals surface area contributed by atoms with Crippen molar-refractivity contribution in [3.8, 4) is 0 Å². The second kappa shape index (κ2) is 4.01. The Morgan fingerprint density at radius 1 is 1.33 bits per heavy atom. The highest BCUT2D eigenvalue weighted by molar-refractivity contribution is 5.21. The van der Waals surface area contributed by atoms with Gasteiger partial charge in [0, 0.05) is 0 Å². The Kier molecular flexibility index (Phi) is 3.60. The average molecular weight is 130 g/mol. The van der Waals surface area contributed by atoms with Gasteiger partial charge in [0.05, 0.1) is 0 Å². The third-order valence-corrected chi connectivity index (χ3v) is 0.720. The molecule has 0 aromatic rings. The molecule has 0 aromatic heterocycles. The van der Waals surface area contributed by atoms with E-state index >= 15 is 0 Å². The molecule has 0 heterocycles. The molecule has 0 bridgehead atoms. The van der Waals surface area contributed by atoms with Gasteiger partial charge in [0.25, 0.3) is 0 Å². The minimum absolute atomic E-state index is 0.829. The van der Waals surface area contributed by atoms with Crippen molar-refractivity contribution >= 4 is 0 Å². The quantitative estimate of drug-likeness (QED) is 0.504. The van der Waals surface area contributed by atoms with E-state index in [1.807, 2.05) is 0 Å². The highest BCUT2D eigenvalue weighted by atomic mass is 19.2. The Labute approximate surface area is 53.2 Å². The molecule has 0 fully saturated rings. The lowest BCUT2D eigenvalue weighted by Crippen LogP contribution is -1.69. The van der Waals surface area contributed by atoms with Gasteiger partial charge in [0.15, 0.2) is 11.7 Å². The Hall–Kier alpha value is -0.920. The summed E-state index contributed by atoms with van der Waals surface area (Å²) in [5, 5.41) is 0. The number of allylic oxidation sites excluding steroid dienone is 5. The molecule has 0 rings (SSSR count). The molecule has 50 valence electrons. The SMILES string of the molecule is C=C/C(F)=C(F)\C=C\C. The molecular weight excluding hydrogens is 122 g/mol. The highest BCUT2D eigenvalue weighted by Crippen LogP contribution is 2.09. The Morgan fingerprint density at radius 3 is 2.22 bits per heavy atom. The summed E-state index contributed by atoms with van der Waals surface area (Å²) in [5.74, 6) is -1.81. The average Bonchev–Trinajstić information content (AvgIpc) is 1.87. The summed E-state index contributed by atoms with van der Waals surface area (Å²) < 4.78 is 24.2. The third-order valence-electron chi connectivity index (χ3n) is 0.720. The third kappa shape index (κ3) is 2.80. The van der Waals surface area contributed by atoms with Crippen LogP contribution in [0.3, 0.4) is 0 Å². The van der Waals surface area contributed by atoms with Crippen LogP contribution in [0, 0.1) is 0 Å². The van der Waals surface area contributed by atoms with E-state index in [1.54, 1.807) is 6.92 Å². The first-order valence-electron chi connectivity index (χ1n) is 2.52. The summed E-state index contributed by atoms with van der Waals surface area (Å²) in [6.07, 6.45) is 3.28. The molecule has 9 heavy (non-hydrogen) atoms. The molecule has 0 atom stereocenters. The van der Waals surface area contributed by atoms with Gasteiger partial charge in [-0.25, -0.2) is 8.78 Å². The summed E-state index contributed by atoms with van der Waals surface area (Å²) in [7, 11) is 0. The first-order valence-corrected chi connectivity index (χ1v) is 2.52. The lowest BCUT2D eigenvalue weighted by Gasteiger charge is -1.84. The summed E-state index contributed by atoms with van der Waals surface area (Å²) >= 11 is 0. The molecule has 0 aliphatic carbocycles. The van der Waals surface area contributed by atoms with Crippen LogP contribution in [0.5, 0.6) is 0 Å². The van der Waals surface area contributed by atoms with Crippen LogP contribution < -0.4 is 0 Å². The topological polar surface area (TPSA) is 0 Å². The maximum absolute atomic E-state index is 12.1. The number of halogens is 2. The molecule has 0 aliphatic heterocycles. The standard InChI is InChI=1S/C7H8F2/c1-3-5-7(9)6(8)4-2/h3-5H,2H2,1H3/b5-3+,7-6-. The molecule has 0 aliphatic rings. The van der Waals surface area contributed by atoms with Gasteiger partial charge in [0.1, 0.15) is 0 Å². The Morgan fingerprint density at radius 2 is 1.89 bits per heavy atom. The zero-order valence-electron chi connectivity index (χ0n) is 5.20. The van der Waals surface area contributed by atoms with Crippen molar-refractivity contribution in [1.82, 2.24) is 0 Å². The van der Waals surface area contributed by atoms with E-state index in [0.717, 1.165) is 12.2 Å². The van der Waals surface area contributed by atoms with Crippen molar-refractivity contribution < 1.29 is 8.78 Å². The van der Waals surface area contributed by atoms with Gasteiger partial charge in [-0.05, 0) is 19.1 Å². The molecule has 0 N–H and O–H groups in total. The van der Waals surface area contributed by atoms with Crippen LogP contribution in [-0.4, -0.2) is 0 Å². The Bertz CT molecular complexity index is 154. The van der Waals surface area contributed by atoms with Crippen LogP contribution in [0.25, 0.3) is 0 Å². The predicted molar refractivity (Wildman–Crippen MR) is 34.3 cm³/mol. The monoisotopic (exact) mass is 130 g/mol. The van der Waals surface area contributed by atoms with Gasteiger partial charge in [-0.15, -0.1) is 0 Å². The van der Waals surface area contributed by atoms with E-state index in [9.17, 15) is 8.78 Å². The van der Waals surface area contributed by atoms with Crippen LogP contribution in [0.1, 0.15) is 6.92 Å². The minimum Gasteiger partial charge on any atom is -0.204 e. The smallest absolute Gasteiger partial charge is 0.158 e. The summed E-state index contributed by atoms with van der Waals surface area (Å²) in [6, 6.07) is 0. The van der Waals surface area contributed by atoms with E-state index in [2.05, 4.69) is 6.58 Å². The molecule has 2 heteroatoms. The van der Waals surface area contributed by atoms with Crippen molar-refractivity contribution in [1.29, 1.82) is 0 Å². The zero-order chi connectivity index (χ0) is 7.28. The molecule has 0 nitrogen and oxygen atoms in total. The van der Waals surface area contributed by atoms with E-state index in [1.165, 1.54) is 6.08 Å². The fourth-order valence-electron chi connectivity index (χ4n) is 0.323. The molecular formula is C7H8F2. The van der Waals surface area contributed by atoms with Gasteiger partial charge >= 0.3 is 0 Å². The van der Waals surface area contributed by atoms with Gasteiger partial charge < -0.3 is 0 Å². The van der Waals surface area contributed by atoms with E-state index < -0.39 is 11.7 Å². The van der Waals surface area contributed by atoms with Crippen molar-refractivity contribution in [2.24, 2.45) is 0 Å². The van der Waals surface area contributed by atoms with E-state index in [4.69, 9.17) is 0 Å². The summed E-state index contributed by atoms with van der Waals surface area (Å²) in [5.41, 5.74) is 0. The van der Waals surface area contributed by atoms with Crippen LogP contribution in [0.4, 0.5) is 8.78 Å². The fraction of sp³-hybridized carbons (Fsp3) is 0.143. The zero-order valence-corrected chi connectivity index (χ0v) is 5.20. The molecule has 0 unspecified atom stereocenters. The van der Waals surface area contributed by atoms with E-state index in [-0.39, 0.29) is 0 Å². The predicted octanol–water partition coefficient (Wildman–Crippen LogP) is 2.90. The van der Waals surface area contributed by atoms with Crippen molar-refractivity contribution in [3.63, 3.8) is 0 Å². The maximum Gasteiger partial charge on any atom is 0.158 e. The molecule has 0 radical (unpaired) electrons. The fourth-order valence-corrected chi connectivity index (χ4v) is 0.323. The normalized spacial score (nSPS) is 13.7. The maximum atomic E-state index is 12.1. The van der Waals surface area contributed by atoms with Crippen LogP contribution in [-0.2, 0) is 0 Å². The molecule has 0 amide bonds. The summed E-state index contributed by atoms with van der Waals surface area (Å²) in [4.78, 5) is 0. The Balaban J connectivity index is 4.27. The first-order chi connectivity index (χ1) is 4.22. The highest BCUT2D eigenvalue weighted by Gasteiger charge is 1.94. The van der Waals surface area contributed by atoms with E-state index in [0.29, 0.717) is 0 Å². The summed E-state index contributed by atoms with van der Waals surface area (Å²) in [6.45, 7) is 4.66. The molecule has 0 saturated heterocycles. The number of hydrogen-bond donors (Lipinski definition) is 0. The lowest BCUT2D eigenvalue weighted by atomic mass is 10.4. The van der Waals surface area contributed by atoms with Gasteiger partial charge in [0.2, 0.25) is 0 Å². The molecule has 0 spiro atoms. The molecule has 0 saturated carbocycles. The second-order valence-electron chi connectivity index (χ2n) is 1.40.